The zero-order valence-corrected chi connectivity index (χ0v) is 6.56. The number of hydrogen-bond donors (Lipinski definition) is 1. The van der Waals surface area contributed by atoms with E-state index < -0.39 is 5.97 Å². The molecule has 1 aliphatic rings. The molecular formula is C6H10O3S. The summed E-state index contributed by atoms with van der Waals surface area (Å²) in [5.74, 6) is 0.0265. The molecule has 2 unspecified atom stereocenters. The molecule has 0 spiro atoms. The molecule has 10 heavy (non-hydrogen) atoms. The SMILES string of the molecule is CC1OCCSC1C(=O)O. The lowest BCUT2D eigenvalue weighted by Gasteiger charge is -2.24. The number of thioether (sulfide) groups is 1. The van der Waals surface area contributed by atoms with Crippen molar-refractivity contribution in [2.45, 2.75) is 18.3 Å². The van der Waals surface area contributed by atoms with Gasteiger partial charge < -0.3 is 9.84 Å². The van der Waals surface area contributed by atoms with Crippen LogP contribution in [-0.4, -0.2) is 34.8 Å². The van der Waals surface area contributed by atoms with Crippen molar-refractivity contribution in [3.05, 3.63) is 0 Å². The van der Waals surface area contributed by atoms with Crippen molar-refractivity contribution in [1.82, 2.24) is 0 Å². The second kappa shape index (κ2) is 3.25. The van der Waals surface area contributed by atoms with Crippen molar-refractivity contribution in [1.29, 1.82) is 0 Å². The average Bonchev–Trinajstić information content (AvgIpc) is 1.88. The molecule has 0 aromatic rings. The van der Waals surface area contributed by atoms with Crippen LogP contribution < -0.4 is 0 Å². The quantitative estimate of drug-likeness (QED) is 0.613. The van der Waals surface area contributed by atoms with E-state index in [1.54, 1.807) is 6.92 Å². The van der Waals surface area contributed by atoms with Gasteiger partial charge in [0.25, 0.3) is 0 Å². The molecule has 1 rings (SSSR count). The Kier molecular flexibility index (Phi) is 2.56. The van der Waals surface area contributed by atoms with Crippen LogP contribution in [0.25, 0.3) is 0 Å². The summed E-state index contributed by atoms with van der Waals surface area (Å²) in [6.45, 7) is 2.47. The van der Waals surface area contributed by atoms with Gasteiger partial charge in [-0.25, -0.2) is 0 Å². The zero-order chi connectivity index (χ0) is 7.56. The van der Waals surface area contributed by atoms with Crippen LogP contribution in [0, 0.1) is 0 Å². The maximum absolute atomic E-state index is 10.5. The smallest absolute Gasteiger partial charge is 0.319 e. The lowest BCUT2D eigenvalue weighted by atomic mass is 10.3. The van der Waals surface area contributed by atoms with Gasteiger partial charge >= 0.3 is 5.97 Å². The van der Waals surface area contributed by atoms with Crippen molar-refractivity contribution >= 4 is 17.7 Å². The summed E-state index contributed by atoms with van der Waals surface area (Å²) >= 11 is 1.45. The normalized spacial score (nSPS) is 33.7. The van der Waals surface area contributed by atoms with Crippen molar-refractivity contribution in [2.24, 2.45) is 0 Å². The van der Waals surface area contributed by atoms with E-state index in [9.17, 15) is 4.79 Å². The molecule has 58 valence electrons. The fourth-order valence-corrected chi connectivity index (χ4v) is 1.84. The van der Waals surface area contributed by atoms with Gasteiger partial charge in [-0.3, -0.25) is 4.79 Å². The second-order valence-corrected chi connectivity index (χ2v) is 3.45. The Balaban J connectivity index is 2.47. The highest BCUT2D eigenvalue weighted by Crippen LogP contribution is 2.21. The first kappa shape index (κ1) is 7.88. The minimum Gasteiger partial charge on any atom is -0.480 e. The molecule has 4 heteroatoms. The molecule has 1 heterocycles. The van der Waals surface area contributed by atoms with E-state index in [4.69, 9.17) is 9.84 Å². The second-order valence-electron chi connectivity index (χ2n) is 2.21. The maximum Gasteiger partial charge on any atom is 0.319 e. The Morgan fingerprint density at radius 2 is 2.50 bits per heavy atom. The van der Waals surface area contributed by atoms with Gasteiger partial charge in [-0.15, -0.1) is 11.8 Å². The molecule has 3 nitrogen and oxygen atoms in total. The zero-order valence-electron chi connectivity index (χ0n) is 5.74. The van der Waals surface area contributed by atoms with Crippen molar-refractivity contribution in [3.63, 3.8) is 0 Å². The van der Waals surface area contributed by atoms with Crippen molar-refractivity contribution < 1.29 is 14.6 Å². The summed E-state index contributed by atoms with van der Waals surface area (Å²) in [6.07, 6.45) is -0.142. The Morgan fingerprint density at radius 3 is 2.90 bits per heavy atom. The molecule has 0 aromatic heterocycles. The van der Waals surface area contributed by atoms with Gasteiger partial charge in [0.2, 0.25) is 0 Å². The Hall–Kier alpha value is -0.220. The summed E-state index contributed by atoms with van der Waals surface area (Å²) in [6, 6.07) is 0. The first-order valence-corrected chi connectivity index (χ1v) is 4.22. The highest BCUT2D eigenvalue weighted by Gasteiger charge is 2.28. The molecule has 1 saturated heterocycles. The molecule has 0 radical (unpaired) electrons. The van der Waals surface area contributed by atoms with Crippen LogP contribution in [0.1, 0.15) is 6.92 Å². The van der Waals surface area contributed by atoms with E-state index >= 15 is 0 Å². The van der Waals surface area contributed by atoms with Crippen LogP contribution in [-0.2, 0) is 9.53 Å². The van der Waals surface area contributed by atoms with Gasteiger partial charge in [0, 0.05) is 5.75 Å². The van der Waals surface area contributed by atoms with Crippen molar-refractivity contribution in [3.8, 4) is 0 Å². The first-order valence-electron chi connectivity index (χ1n) is 3.18. The lowest BCUT2D eigenvalue weighted by Crippen LogP contribution is -2.35. The van der Waals surface area contributed by atoms with E-state index in [0.717, 1.165) is 5.75 Å². The Labute approximate surface area is 63.8 Å². The number of hydrogen-bond acceptors (Lipinski definition) is 3. The predicted octanol–water partition coefficient (Wildman–Crippen LogP) is 0.591. The summed E-state index contributed by atoms with van der Waals surface area (Å²) in [5, 5.41) is 8.24. The van der Waals surface area contributed by atoms with Gasteiger partial charge in [0.15, 0.2) is 0 Å². The number of carbonyl (C=O) groups is 1. The standard InChI is InChI=1S/C6H10O3S/c1-4-5(6(7)8)10-3-2-9-4/h4-5H,2-3H2,1H3,(H,7,8). The first-order chi connectivity index (χ1) is 4.72. The number of rotatable bonds is 1. The van der Waals surface area contributed by atoms with Crippen LogP contribution in [0.4, 0.5) is 0 Å². The number of ether oxygens (including phenoxy) is 1. The number of aliphatic carboxylic acids is 1. The molecule has 0 saturated carbocycles. The Morgan fingerprint density at radius 1 is 1.80 bits per heavy atom. The molecule has 0 bridgehead atoms. The lowest BCUT2D eigenvalue weighted by molar-refractivity contribution is -0.139. The van der Waals surface area contributed by atoms with Crippen LogP contribution in [0.3, 0.4) is 0 Å². The van der Waals surface area contributed by atoms with E-state index in [2.05, 4.69) is 0 Å². The highest BCUT2D eigenvalue weighted by molar-refractivity contribution is 8.00. The van der Waals surface area contributed by atoms with Crippen LogP contribution in [0.15, 0.2) is 0 Å². The fourth-order valence-electron chi connectivity index (χ4n) is 0.904. The molecule has 1 N–H and O–H groups in total. The van der Waals surface area contributed by atoms with Gasteiger partial charge in [-0.1, -0.05) is 0 Å². The summed E-state index contributed by atoms with van der Waals surface area (Å²) in [7, 11) is 0. The molecule has 0 amide bonds. The minimum atomic E-state index is -0.766. The number of carboxylic acid groups (broad SMARTS) is 1. The summed E-state index contributed by atoms with van der Waals surface area (Å²) < 4.78 is 5.15. The molecule has 1 fully saturated rings. The maximum atomic E-state index is 10.5. The third-order valence-corrected chi connectivity index (χ3v) is 2.78. The molecule has 0 aromatic carbocycles. The summed E-state index contributed by atoms with van der Waals surface area (Å²) in [5.41, 5.74) is 0. The van der Waals surface area contributed by atoms with Gasteiger partial charge in [-0.05, 0) is 6.92 Å². The topological polar surface area (TPSA) is 46.5 Å². The minimum absolute atomic E-state index is 0.142. The molecule has 0 aliphatic carbocycles. The van der Waals surface area contributed by atoms with Gasteiger partial charge in [-0.2, -0.15) is 0 Å². The van der Waals surface area contributed by atoms with E-state index in [-0.39, 0.29) is 11.4 Å². The van der Waals surface area contributed by atoms with Crippen LogP contribution in [0.5, 0.6) is 0 Å². The van der Waals surface area contributed by atoms with Crippen LogP contribution >= 0.6 is 11.8 Å². The fraction of sp³-hybridized carbons (Fsp3) is 0.833. The third kappa shape index (κ3) is 1.64. The molecule has 2 atom stereocenters. The van der Waals surface area contributed by atoms with E-state index in [1.807, 2.05) is 0 Å². The average molecular weight is 162 g/mol. The molecular weight excluding hydrogens is 152 g/mol. The third-order valence-electron chi connectivity index (χ3n) is 1.43. The van der Waals surface area contributed by atoms with Gasteiger partial charge in [0.05, 0.1) is 12.7 Å². The van der Waals surface area contributed by atoms with E-state index in [1.165, 1.54) is 11.8 Å². The van der Waals surface area contributed by atoms with Gasteiger partial charge in [0.1, 0.15) is 5.25 Å². The summed E-state index contributed by atoms with van der Waals surface area (Å²) in [4.78, 5) is 10.5. The monoisotopic (exact) mass is 162 g/mol. The van der Waals surface area contributed by atoms with Crippen molar-refractivity contribution in [2.75, 3.05) is 12.4 Å². The Bertz CT molecular complexity index is 137. The molecule has 1 aliphatic heterocycles. The highest BCUT2D eigenvalue weighted by atomic mass is 32.2. The largest absolute Gasteiger partial charge is 0.480 e. The predicted molar refractivity (Wildman–Crippen MR) is 39.3 cm³/mol. The number of carboxylic acids is 1. The van der Waals surface area contributed by atoms with Crippen LogP contribution in [0.2, 0.25) is 0 Å². The van der Waals surface area contributed by atoms with E-state index in [0.29, 0.717) is 6.61 Å².